The van der Waals surface area contributed by atoms with Crippen LogP contribution >= 0.6 is 0 Å². The third-order valence-corrected chi connectivity index (χ3v) is 9.19. The van der Waals surface area contributed by atoms with Gasteiger partial charge in [-0.05, 0) is 113 Å². The quantitative estimate of drug-likeness (QED) is 0.209. The summed E-state index contributed by atoms with van der Waals surface area (Å²) in [4.78, 5) is 0. The smallest absolute Gasteiger partial charge is 0.0321 e. The lowest BCUT2D eigenvalue weighted by atomic mass is 9.80. The molecule has 0 nitrogen and oxygen atoms in total. The first-order valence-electron chi connectivity index (χ1n) is 16.1. The molecule has 220 valence electrons. The Bertz CT molecular complexity index is 1930. The van der Waals surface area contributed by atoms with Gasteiger partial charge >= 0.3 is 0 Å². The molecule has 0 saturated heterocycles. The minimum atomic E-state index is 0.0821. The molecule has 6 rings (SSSR count). The highest BCUT2D eigenvalue weighted by Gasteiger charge is 2.21. The van der Waals surface area contributed by atoms with E-state index in [0.717, 1.165) is 31.3 Å². The average molecular weight is 573 g/mol. The van der Waals surface area contributed by atoms with Gasteiger partial charge in [-0.1, -0.05) is 141 Å². The molecule has 0 saturated carbocycles. The van der Waals surface area contributed by atoms with Crippen molar-refractivity contribution in [3.05, 3.63) is 165 Å². The Kier molecular flexibility index (Phi) is 8.31. The second-order valence-electron chi connectivity index (χ2n) is 13.5. The number of aryl methyl sites for hydroxylation is 3. The molecule has 0 amide bonds. The lowest BCUT2D eigenvalue weighted by Gasteiger charge is -2.25. The molecule has 4 aromatic carbocycles. The van der Waals surface area contributed by atoms with Crippen molar-refractivity contribution in [1.29, 1.82) is 0 Å². The topological polar surface area (TPSA) is 0 Å². The molecule has 0 aromatic heterocycles. The minimum absolute atomic E-state index is 0.0821. The molecule has 0 fully saturated rings. The second-order valence-corrected chi connectivity index (χ2v) is 13.5. The van der Waals surface area contributed by atoms with E-state index in [1.807, 2.05) is 0 Å². The summed E-state index contributed by atoms with van der Waals surface area (Å²) in [6.45, 7) is 13.6. The van der Waals surface area contributed by atoms with Crippen LogP contribution in [0.25, 0.3) is 28.0 Å². The Labute approximate surface area is 264 Å². The highest BCUT2D eigenvalue weighted by Crippen LogP contribution is 2.39. The third kappa shape index (κ3) is 6.14. The fourth-order valence-corrected chi connectivity index (χ4v) is 6.62. The average Bonchev–Trinajstić information content (AvgIpc) is 3.16. The summed E-state index contributed by atoms with van der Waals surface area (Å²) in [5.41, 5.74) is 19.8. The predicted octanol–water partition coefficient (Wildman–Crippen LogP) is 12.2. The van der Waals surface area contributed by atoms with Crippen LogP contribution in [0.15, 0.2) is 126 Å². The Balaban J connectivity index is 1.47. The Morgan fingerprint density at radius 3 is 2.34 bits per heavy atom. The molecule has 0 N–H and O–H groups in total. The van der Waals surface area contributed by atoms with Crippen molar-refractivity contribution < 1.29 is 0 Å². The first-order valence-corrected chi connectivity index (χ1v) is 16.1. The van der Waals surface area contributed by atoms with E-state index >= 15 is 0 Å². The van der Waals surface area contributed by atoms with Crippen molar-refractivity contribution in [1.82, 2.24) is 0 Å². The maximum atomic E-state index is 3.82. The standard InChI is InChI=1S/C44H44/c1-30-19-21-35(41(27-30)43-28-31(2)20-25-39-38-18-12-9-14-33(38)24-26-40(39)43)23-22-34-15-8-10-16-36(44(4,5)6)29-42(34)37-17-11-7-13-32(37)3/h7,9-14,16-21,24-27,29H,8,15,22-23H2,1-6H3. The molecule has 0 aliphatic heterocycles. The number of fused-ring (bicyclic) bond motifs is 3. The number of rotatable bonds is 5. The molecular formula is C44H44. The van der Waals surface area contributed by atoms with Gasteiger partial charge in [0.2, 0.25) is 0 Å². The Morgan fingerprint density at radius 2 is 1.52 bits per heavy atom. The monoisotopic (exact) mass is 572 g/mol. The van der Waals surface area contributed by atoms with E-state index in [1.165, 1.54) is 66.4 Å². The van der Waals surface area contributed by atoms with Gasteiger partial charge in [0.1, 0.15) is 0 Å². The Morgan fingerprint density at radius 1 is 0.727 bits per heavy atom. The molecule has 0 heterocycles. The van der Waals surface area contributed by atoms with Crippen LogP contribution in [0.5, 0.6) is 0 Å². The predicted molar refractivity (Wildman–Crippen MR) is 192 cm³/mol. The lowest BCUT2D eigenvalue weighted by molar-refractivity contribution is 0.517. The highest BCUT2D eigenvalue weighted by molar-refractivity contribution is 5.99. The lowest BCUT2D eigenvalue weighted by Crippen LogP contribution is -2.09. The number of hydrogen-bond donors (Lipinski definition) is 0. The van der Waals surface area contributed by atoms with E-state index in [1.54, 1.807) is 5.57 Å². The molecule has 2 aliphatic rings. The van der Waals surface area contributed by atoms with Gasteiger partial charge < -0.3 is 0 Å². The first kappa shape index (κ1) is 29.7. The third-order valence-electron chi connectivity index (χ3n) is 9.19. The molecule has 2 aliphatic carbocycles. The van der Waals surface area contributed by atoms with Crippen LogP contribution in [-0.4, -0.2) is 0 Å². The van der Waals surface area contributed by atoms with E-state index in [-0.39, 0.29) is 5.41 Å². The molecular weight excluding hydrogens is 528 g/mol. The van der Waals surface area contributed by atoms with E-state index in [9.17, 15) is 0 Å². The fourth-order valence-electron chi connectivity index (χ4n) is 6.62. The summed E-state index contributed by atoms with van der Waals surface area (Å²) in [6.07, 6.45) is 15.9. The van der Waals surface area contributed by atoms with Crippen molar-refractivity contribution in [2.45, 2.75) is 67.2 Å². The van der Waals surface area contributed by atoms with Crippen molar-refractivity contribution >= 4 is 28.0 Å². The summed E-state index contributed by atoms with van der Waals surface area (Å²) >= 11 is 0. The van der Waals surface area contributed by atoms with Gasteiger partial charge in [0.15, 0.2) is 0 Å². The van der Waals surface area contributed by atoms with Gasteiger partial charge in [-0.2, -0.15) is 0 Å². The molecule has 0 heteroatoms. The van der Waals surface area contributed by atoms with Crippen LogP contribution in [0, 0.1) is 19.3 Å². The van der Waals surface area contributed by atoms with Gasteiger partial charge in [-0.3, -0.25) is 0 Å². The maximum Gasteiger partial charge on any atom is 0.0321 e. The van der Waals surface area contributed by atoms with Crippen molar-refractivity contribution in [3.8, 4) is 0 Å². The van der Waals surface area contributed by atoms with E-state index in [4.69, 9.17) is 0 Å². The number of hydrogen-bond acceptors (Lipinski definition) is 0. The largest absolute Gasteiger partial charge is 0.108 e. The van der Waals surface area contributed by atoms with Crippen LogP contribution < -0.4 is 0 Å². The highest BCUT2D eigenvalue weighted by atomic mass is 14.2. The van der Waals surface area contributed by atoms with E-state index < -0.39 is 0 Å². The molecule has 4 aromatic rings. The zero-order chi connectivity index (χ0) is 30.8. The van der Waals surface area contributed by atoms with Crippen molar-refractivity contribution in [3.63, 3.8) is 0 Å². The van der Waals surface area contributed by atoms with Crippen LogP contribution in [0.1, 0.15) is 85.9 Å². The van der Waals surface area contributed by atoms with E-state index in [0.29, 0.717) is 0 Å². The van der Waals surface area contributed by atoms with Gasteiger partial charge in [-0.25, -0.2) is 0 Å². The number of allylic oxidation sites excluding steroid dienone is 8. The van der Waals surface area contributed by atoms with Gasteiger partial charge in [0.05, 0.1) is 0 Å². The molecule has 44 heavy (non-hydrogen) atoms. The SMILES string of the molecule is CC1=C=C(c2cc(C)ccc2CCC2=C(c3ccccc3C)C=C(C(C)(C)C)C=CCC2)c2ccc3ccccc3c2C=C1. The van der Waals surface area contributed by atoms with Crippen LogP contribution in [0.2, 0.25) is 0 Å². The van der Waals surface area contributed by atoms with Crippen LogP contribution in [-0.2, 0) is 6.42 Å². The summed E-state index contributed by atoms with van der Waals surface area (Å²) in [5, 5.41) is 2.57. The van der Waals surface area contributed by atoms with Gasteiger partial charge in [0.25, 0.3) is 0 Å². The summed E-state index contributed by atoms with van der Waals surface area (Å²) in [5.74, 6) is 0. The van der Waals surface area contributed by atoms with Crippen molar-refractivity contribution in [2.75, 3.05) is 0 Å². The van der Waals surface area contributed by atoms with Crippen molar-refractivity contribution in [2.24, 2.45) is 5.41 Å². The second kappa shape index (κ2) is 12.3. The zero-order valence-electron chi connectivity index (χ0n) is 27.2. The van der Waals surface area contributed by atoms with Gasteiger partial charge in [0, 0.05) is 5.57 Å². The first-order chi connectivity index (χ1) is 21.2. The summed E-state index contributed by atoms with van der Waals surface area (Å²) in [7, 11) is 0. The minimum Gasteiger partial charge on any atom is -0.108 e. The molecule has 0 unspecified atom stereocenters. The fraction of sp³-hybridized carbons (Fsp3) is 0.250. The molecule has 0 bridgehead atoms. The van der Waals surface area contributed by atoms with E-state index in [2.05, 4.69) is 157 Å². The molecule has 0 atom stereocenters. The zero-order valence-corrected chi connectivity index (χ0v) is 27.2. The summed E-state index contributed by atoms with van der Waals surface area (Å²) in [6, 6.07) is 29.2. The maximum absolute atomic E-state index is 3.82. The normalized spacial score (nSPS) is 15.3. The number of benzene rings is 4. The van der Waals surface area contributed by atoms with Crippen LogP contribution in [0.3, 0.4) is 0 Å². The molecule has 0 radical (unpaired) electrons. The summed E-state index contributed by atoms with van der Waals surface area (Å²) < 4.78 is 0. The van der Waals surface area contributed by atoms with Crippen LogP contribution in [0.4, 0.5) is 0 Å². The Hall–Kier alpha value is -4.38. The van der Waals surface area contributed by atoms with Gasteiger partial charge in [-0.15, -0.1) is 5.73 Å². The molecule has 0 spiro atoms.